The first-order valence-electron chi connectivity index (χ1n) is 6.63. The summed E-state index contributed by atoms with van der Waals surface area (Å²) in [5, 5.41) is 1.46. The summed E-state index contributed by atoms with van der Waals surface area (Å²) in [5.41, 5.74) is 5.45. The molecule has 3 rings (SSSR count). The normalized spacial score (nSPS) is 14.7. The molecule has 2 aromatic rings. The third kappa shape index (κ3) is 2.29. The summed E-state index contributed by atoms with van der Waals surface area (Å²) in [6.45, 7) is 4.44. The Balaban J connectivity index is 2.24. The van der Waals surface area contributed by atoms with Crippen molar-refractivity contribution >= 4 is 24.0 Å². The molecular weight excluding hydrogens is 268 g/mol. The number of allylic oxidation sites excluding steroid dienone is 1. The molecule has 0 amide bonds. The maximum absolute atomic E-state index is 6.76. The fourth-order valence-electron chi connectivity index (χ4n) is 2.80. The van der Waals surface area contributed by atoms with E-state index in [0.717, 1.165) is 6.42 Å². The van der Waals surface area contributed by atoms with Gasteiger partial charge in [-0.05, 0) is 28.7 Å². The van der Waals surface area contributed by atoms with Gasteiger partial charge in [0.25, 0.3) is 0 Å². The first-order valence-corrected chi connectivity index (χ1v) is 10.6. The van der Waals surface area contributed by atoms with Gasteiger partial charge < -0.3 is 0 Å². The zero-order valence-corrected chi connectivity index (χ0v) is 13.0. The number of halogens is 1. The average Bonchev–Trinajstić information content (AvgIpc) is 2.79. The number of benzene rings is 2. The van der Waals surface area contributed by atoms with Gasteiger partial charge in [0.15, 0.2) is 7.38 Å². The van der Waals surface area contributed by atoms with E-state index in [-0.39, 0.29) is 0 Å². The quantitative estimate of drug-likeness (QED) is 0.536. The number of hydrogen-bond acceptors (Lipinski definition) is 0. The lowest BCUT2D eigenvalue weighted by Crippen LogP contribution is -2.22. The lowest BCUT2D eigenvalue weighted by atomic mass is 9.99. The van der Waals surface area contributed by atoms with Crippen LogP contribution in [0.4, 0.5) is 0 Å². The van der Waals surface area contributed by atoms with Gasteiger partial charge in [-0.2, -0.15) is 11.1 Å². The molecule has 96 valence electrons. The minimum absolute atomic E-state index is 1.02. The van der Waals surface area contributed by atoms with E-state index < -0.39 is 7.38 Å². The zero-order valence-electron chi connectivity index (χ0n) is 11.3. The van der Waals surface area contributed by atoms with Gasteiger partial charge in [0.05, 0.1) is 0 Å². The van der Waals surface area contributed by atoms with Crippen LogP contribution in [0.5, 0.6) is 0 Å². The molecule has 0 radical (unpaired) electrons. The Kier molecular flexibility index (Phi) is 3.12. The van der Waals surface area contributed by atoms with Crippen LogP contribution in [-0.2, 0) is 6.42 Å². The molecule has 0 saturated heterocycles. The second-order valence-corrected chi connectivity index (χ2v) is 11.9. The van der Waals surface area contributed by atoms with Crippen LogP contribution in [0.25, 0.3) is 5.57 Å². The molecule has 0 fully saturated rings. The molecule has 0 nitrogen and oxygen atoms in total. The Morgan fingerprint density at radius 2 is 1.53 bits per heavy atom. The Morgan fingerprint density at radius 1 is 0.895 bits per heavy atom. The number of hydrogen-bond donors (Lipinski definition) is 0. The second kappa shape index (κ2) is 4.66. The first-order chi connectivity index (χ1) is 9.07. The van der Waals surface area contributed by atoms with Crippen LogP contribution in [0.15, 0.2) is 59.8 Å². The SMILES string of the molecule is C[Si](C)(Cl)C1=C(c2ccccc2)c2ccccc2C1. The predicted molar refractivity (Wildman–Crippen MR) is 85.9 cm³/mol. The Morgan fingerprint density at radius 3 is 2.21 bits per heavy atom. The van der Waals surface area contributed by atoms with Crippen molar-refractivity contribution in [3.8, 4) is 0 Å². The van der Waals surface area contributed by atoms with Gasteiger partial charge in [-0.1, -0.05) is 72.9 Å². The van der Waals surface area contributed by atoms with Crippen LogP contribution in [0.1, 0.15) is 16.7 Å². The molecule has 2 aromatic carbocycles. The molecule has 0 spiro atoms. The summed E-state index contributed by atoms with van der Waals surface area (Å²) in [4.78, 5) is 0. The highest BCUT2D eigenvalue weighted by Gasteiger charge is 2.32. The van der Waals surface area contributed by atoms with Crippen LogP contribution in [0, 0.1) is 0 Å². The molecule has 2 heteroatoms. The van der Waals surface area contributed by atoms with E-state index in [1.165, 1.54) is 27.5 Å². The van der Waals surface area contributed by atoms with Crippen molar-refractivity contribution in [2.45, 2.75) is 19.5 Å². The van der Waals surface area contributed by atoms with Crippen molar-refractivity contribution in [2.75, 3.05) is 0 Å². The van der Waals surface area contributed by atoms with Gasteiger partial charge in [0.1, 0.15) is 0 Å². The Labute approximate surface area is 120 Å². The monoisotopic (exact) mass is 284 g/mol. The third-order valence-corrected chi connectivity index (χ3v) is 6.28. The lowest BCUT2D eigenvalue weighted by Gasteiger charge is -2.18. The highest BCUT2D eigenvalue weighted by molar-refractivity contribution is 7.23. The minimum atomic E-state index is -1.82. The summed E-state index contributed by atoms with van der Waals surface area (Å²) in [6, 6.07) is 19.3. The molecule has 19 heavy (non-hydrogen) atoms. The van der Waals surface area contributed by atoms with Crippen LogP contribution < -0.4 is 0 Å². The van der Waals surface area contributed by atoms with E-state index in [2.05, 4.69) is 67.7 Å². The summed E-state index contributed by atoms with van der Waals surface area (Å²) < 4.78 is 0. The molecule has 0 atom stereocenters. The molecule has 0 heterocycles. The average molecular weight is 285 g/mol. The van der Waals surface area contributed by atoms with Crippen LogP contribution >= 0.6 is 11.1 Å². The van der Waals surface area contributed by atoms with Crippen molar-refractivity contribution in [1.82, 2.24) is 0 Å². The van der Waals surface area contributed by atoms with Crippen molar-refractivity contribution in [2.24, 2.45) is 0 Å². The van der Waals surface area contributed by atoms with Crippen LogP contribution in [0.3, 0.4) is 0 Å². The van der Waals surface area contributed by atoms with Gasteiger partial charge >= 0.3 is 0 Å². The van der Waals surface area contributed by atoms with Crippen molar-refractivity contribution in [1.29, 1.82) is 0 Å². The van der Waals surface area contributed by atoms with Crippen LogP contribution in [-0.4, -0.2) is 7.38 Å². The summed E-state index contributed by atoms with van der Waals surface area (Å²) in [6.07, 6.45) is 1.02. The van der Waals surface area contributed by atoms with Crippen molar-refractivity contribution < 1.29 is 0 Å². The zero-order chi connectivity index (χ0) is 13.5. The first kappa shape index (κ1) is 12.7. The van der Waals surface area contributed by atoms with Gasteiger partial charge in [-0.15, -0.1) is 0 Å². The number of rotatable bonds is 2. The van der Waals surface area contributed by atoms with E-state index in [1.54, 1.807) is 0 Å². The summed E-state index contributed by atoms with van der Waals surface area (Å²) >= 11 is 6.76. The molecule has 0 unspecified atom stereocenters. The van der Waals surface area contributed by atoms with E-state index >= 15 is 0 Å². The Hall–Kier alpha value is -1.31. The highest BCUT2D eigenvalue weighted by Crippen LogP contribution is 2.42. The van der Waals surface area contributed by atoms with E-state index in [4.69, 9.17) is 11.1 Å². The van der Waals surface area contributed by atoms with E-state index in [1.807, 2.05) is 0 Å². The topological polar surface area (TPSA) is 0 Å². The molecular formula is C17H17ClSi. The summed E-state index contributed by atoms with van der Waals surface area (Å²) in [7, 11) is -1.82. The van der Waals surface area contributed by atoms with Crippen LogP contribution in [0.2, 0.25) is 13.1 Å². The maximum Gasteiger partial charge on any atom is 0.177 e. The Bertz CT molecular complexity index is 636. The van der Waals surface area contributed by atoms with E-state index in [9.17, 15) is 0 Å². The standard InChI is InChI=1S/C17H17ClSi/c1-19(2,18)16-12-14-10-6-7-11-15(14)17(16)13-8-4-3-5-9-13/h3-11H,12H2,1-2H3. The molecule has 0 saturated carbocycles. The molecule has 1 aliphatic carbocycles. The van der Waals surface area contributed by atoms with Gasteiger partial charge in [0.2, 0.25) is 0 Å². The highest BCUT2D eigenvalue weighted by atomic mass is 35.6. The molecule has 1 aliphatic rings. The number of fused-ring (bicyclic) bond motifs is 1. The largest absolute Gasteiger partial charge is 0.177 e. The lowest BCUT2D eigenvalue weighted by molar-refractivity contribution is 1.27. The molecule has 0 bridgehead atoms. The van der Waals surface area contributed by atoms with E-state index in [0.29, 0.717) is 0 Å². The van der Waals surface area contributed by atoms with Gasteiger partial charge in [0, 0.05) is 0 Å². The maximum atomic E-state index is 6.76. The van der Waals surface area contributed by atoms with Gasteiger partial charge in [-0.25, -0.2) is 0 Å². The molecule has 0 N–H and O–H groups in total. The fraction of sp³-hybridized carbons (Fsp3) is 0.176. The van der Waals surface area contributed by atoms with Crippen molar-refractivity contribution in [3.05, 3.63) is 76.5 Å². The smallest absolute Gasteiger partial charge is 0.162 e. The summed E-state index contributed by atoms with van der Waals surface area (Å²) in [5.74, 6) is 0. The predicted octanol–water partition coefficient (Wildman–Crippen LogP) is 5.03. The molecule has 0 aromatic heterocycles. The fourth-order valence-corrected chi connectivity index (χ4v) is 4.77. The third-order valence-electron chi connectivity index (χ3n) is 3.74. The van der Waals surface area contributed by atoms with Crippen molar-refractivity contribution in [3.63, 3.8) is 0 Å². The second-order valence-electron chi connectivity index (χ2n) is 5.53. The van der Waals surface area contributed by atoms with Gasteiger partial charge in [-0.3, -0.25) is 0 Å². The minimum Gasteiger partial charge on any atom is -0.162 e. The molecule has 0 aliphatic heterocycles.